The van der Waals surface area contributed by atoms with E-state index in [2.05, 4.69) is 58.0 Å². The first-order chi connectivity index (χ1) is 6.76. The van der Waals surface area contributed by atoms with E-state index in [4.69, 9.17) is 0 Å². The average Bonchev–Trinajstić information content (AvgIpc) is 2.29. The molecule has 0 amide bonds. The molecule has 0 heteroatoms. The minimum absolute atomic E-state index is 0.709. The molecular weight excluding hydrogens is 168 g/mol. The van der Waals surface area contributed by atoms with Gasteiger partial charge in [0.2, 0.25) is 0 Å². The number of hydrogen-bond donors (Lipinski definition) is 0. The molecule has 1 rings (SSSR count). The van der Waals surface area contributed by atoms with Crippen LogP contribution in [0.1, 0.15) is 58.4 Å². The normalized spacial score (nSPS) is 11.4. The van der Waals surface area contributed by atoms with Crippen LogP contribution in [-0.4, -0.2) is 0 Å². The van der Waals surface area contributed by atoms with Gasteiger partial charge in [-0.1, -0.05) is 70.9 Å². The maximum Gasteiger partial charge on any atom is -0.0193 e. The summed E-state index contributed by atoms with van der Waals surface area (Å²) in [5.41, 5.74) is 1.45. The summed E-state index contributed by atoms with van der Waals surface area (Å²) >= 11 is 0. The predicted molar refractivity (Wildman–Crippen MR) is 65.7 cm³/mol. The molecule has 0 bridgehead atoms. The van der Waals surface area contributed by atoms with E-state index < -0.39 is 0 Å². The van der Waals surface area contributed by atoms with E-state index in [1.54, 1.807) is 0 Å². The Morgan fingerprint density at radius 2 is 1.43 bits per heavy atom. The van der Waals surface area contributed by atoms with Gasteiger partial charge in [0.05, 0.1) is 0 Å². The molecule has 1 unspecified atom stereocenters. The van der Waals surface area contributed by atoms with Crippen LogP contribution in [0.2, 0.25) is 0 Å². The lowest BCUT2D eigenvalue weighted by Gasteiger charge is -2.06. The van der Waals surface area contributed by atoms with Gasteiger partial charge in [-0.15, -0.1) is 0 Å². The molecular formula is C14H24. The van der Waals surface area contributed by atoms with Crippen molar-refractivity contribution in [2.45, 2.75) is 52.9 Å². The fourth-order valence-electron chi connectivity index (χ4n) is 1.02. The van der Waals surface area contributed by atoms with Gasteiger partial charge >= 0.3 is 0 Å². The average molecular weight is 192 g/mol. The van der Waals surface area contributed by atoms with Crippen LogP contribution < -0.4 is 0 Å². The first-order valence-electron chi connectivity index (χ1n) is 5.81. The third kappa shape index (κ3) is 5.80. The summed E-state index contributed by atoms with van der Waals surface area (Å²) in [6, 6.07) is 10.6. The summed E-state index contributed by atoms with van der Waals surface area (Å²) in [5.74, 6) is 0.709. The maximum absolute atomic E-state index is 2.26. The fraction of sp³-hybridized carbons (Fsp3) is 0.571. The van der Waals surface area contributed by atoms with Crippen molar-refractivity contribution in [1.82, 2.24) is 0 Å². The zero-order valence-electron chi connectivity index (χ0n) is 10.1. The van der Waals surface area contributed by atoms with Gasteiger partial charge in [-0.25, -0.2) is 0 Å². The van der Waals surface area contributed by atoms with E-state index in [-0.39, 0.29) is 0 Å². The van der Waals surface area contributed by atoms with Crippen LogP contribution in [0, 0.1) is 0 Å². The smallest absolute Gasteiger partial charge is 0.0193 e. The minimum Gasteiger partial charge on any atom is -0.0654 e. The molecule has 1 atom stereocenters. The molecule has 14 heavy (non-hydrogen) atoms. The van der Waals surface area contributed by atoms with Crippen molar-refractivity contribution in [3.63, 3.8) is 0 Å². The second-order valence-electron chi connectivity index (χ2n) is 3.72. The third-order valence-electron chi connectivity index (χ3n) is 2.48. The Balaban J connectivity index is 0.000000364. The Kier molecular flexibility index (Phi) is 8.31. The van der Waals surface area contributed by atoms with Crippen molar-refractivity contribution in [2.24, 2.45) is 0 Å². The lowest BCUT2D eigenvalue weighted by molar-refractivity contribution is 0.733. The molecule has 0 nitrogen and oxygen atoms in total. The Bertz CT molecular complexity index is 199. The van der Waals surface area contributed by atoms with Crippen molar-refractivity contribution < 1.29 is 0 Å². The molecule has 0 heterocycles. The van der Waals surface area contributed by atoms with Crippen molar-refractivity contribution >= 4 is 0 Å². The minimum atomic E-state index is 0.709. The number of rotatable bonds is 3. The van der Waals surface area contributed by atoms with E-state index in [9.17, 15) is 0 Å². The summed E-state index contributed by atoms with van der Waals surface area (Å²) in [7, 11) is 0. The van der Waals surface area contributed by atoms with Gasteiger partial charge < -0.3 is 0 Å². The van der Waals surface area contributed by atoms with Gasteiger partial charge in [0, 0.05) is 0 Å². The second kappa shape index (κ2) is 8.80. The standard InChI is InChI=1S/C10H14.C4H10/c1-3-9(2)10-7-5-4-6-8-10;1-3-4-2/h4-9H,3H2,1-2H3;3-4H2,1-2H3. The second-order valence-corrected chi connectivity index (χ2v) is 3.72. The highest BCUT2D eigenvalue weighted by Gasteiger charge is 1.98. The van der Waals surface area contributed by atoms with Gasteiger partial charge in [0.15, 0.2) is 0 Å². The van der Waals surface area contributed by atoms with E-state index in [0.29, 0.717) is 5.92 Å². The maximum atomic E-state index is 2.26. The van der Waals surface area contributed by atoms with Gasteiger partial charge in [0.1, 0.15) is 0 Å². The number of hydrogen-bond acceptors (Lipinski definition) is 0. The van der Waals surface area contributed by atoms with E-state index in [1.807, 2.05) is 0 Å². The molecule has 0 saturated carbocycles. The first kappa shape index (κ1) is 13.2. The molecule has 0 saturated heterocycles. The molecule has 1 aromatic rings. The highest BCUT2D eigenvalue weighted by molar-refractivity contribution is 5.18. The molecule has 0 aromatic heterocycles. The molecule has 0 N–H and O–H groups in total. The third-order valence-corrected chi connectivity index (χ3v) is 2.48. The predicted octanol–water partition coefficient (Wildman–Crippen LogP) is 5.01. The summed E-state index contributed by atoms with van der Waals surface area (Å²) in [4.78, 5) is 0. The fourth-order valence-corrected chi connectivity index (χ4v) is 1.02. The highest BCUT2D eigenvalue weighted by atomic mass is 14.0. The van der Waals surface area contributed by atoms with Gasteiger partial charge in [-0.2, -0.15) is 0 Å². The molecule has 0 spiro atoms. The largest absolute Gasteiger partial charge is 0.0654 e. The molecule has 0 aliphatic rings. The zero-order valence-corrected chi connectivity index (χ0v) is 10.1. The molecule has 0 aliphatic carbocycles. The molecule has 80 valence electrons. The summed E-state index contributed by atoms with van der Waals surface area (Å²) in [6.07, 6.45) is 3.87. The van der Waals surface area contributed by atoms with Gasteiger partial charge in [-0.05, 0) is 17.9 Å². The Labute approximate surface area is 89.4 Å². The first-order valence-corrected chi connectivity index (χ1v) is 5.81. The van der Waals surface area contributed by atoms with Gasteiger partial charge in [0.25, 0.3) is 0 Å². The molecule has 1 aromatic carbocycles. The van der Waals surface area contributed by atoms with Crippen LogP contribution in [0.4, 0.5) is 0 Å². The molecule has 0 radical (unpaired) electrons. The zero-order chi connectivity index (χ0) is 10.8. The Morgan fingerprint density at radius 1 is 0.929 bits per heavy atom. The molecule has 0 fully saturated rings. The van der Waals surface area contributed by atoms with E-state index >= 15 is 0 Å². The monoisotopic (exact) mass is 192 g/mol. The van der Waals surface area contributed by atoms with Crippen molar-refractivity contribution in [2.75, 3.05) is 0 Å². The highest BCUT2D eigenvalue weighted by Crippen LogP contribution is 2.16. The van der Waals surface area contributed by atoms with Gasteiger partial charge in [-0.3, -0.25) is 0 Å². The number of unbranched alkanes of at least 4 members (excludes halogenated alkanes) is 1. The van der Waals surface area contributed by atoms with Crippen LogP contribution in [0.25, 0.3) is 0 Å². The summed E-state index contributed by atoms with van der Waals surface area (Å²) in [5, 5.41) is 0. The summed E-state index contributed by atoms with van der Waals surface area (Å²) < 4.78 is 0. The van der Waals surface area contributed by atoms with E-state index in [0.717, 1.165) is 0 Å². The van der Waals surface area contributed by atoms with Crippen LogP contribution >= 0.6 is 0 Å². The van der Waals surface area contributed by atoms with Crippen LogP contribution in [0.5, 0.6) is 0 Å². The lowest BCUT2D eigenvalue weighted by atomic mass is 9.99. The van der Waals surface area contributed by atoms with Crippen molar-refractivity contribution in [3.8, 4) is 0 Å². The SMILES string of the molecule is CCC(C)c1ccccc1.CCCC. The quantitative estimate of drug-likeness (QED) is 0.631. The molecule has 0 aliphatic heterocycles. The van der Waals surface area contributed by atoms with E-state index in [1.165, 1.54) is 24.8 Å². The van der Waals surface area contributed by atoms with Crippen LogP contribution in [0.3, 0.4) is 0 Å². The Morgan fingerprint density at radius 3 is 1.79 bits per heavy atom. The topological polar surface area (TPSA) is 0 Å². The summed E-state index contributed by atoms with van der Waals surface area (Å²) in [6.45, 7) is 8.84. The van der Waals surface area contributed by atoms with Crippen LogP contribution in [0.15, 0.2) is 30.3 Å². The van der Waals surface area contributed by atoms with Crippen LogP contribution in [-0.2, 0) is 0 Å². The lowest BCUT2D eigenvalue weighted by Crippen LogP contribution is -1.88. The van der Waals surface area contributed by atoms with Crippen molar-refractivity contribution in [3.05, 3.63) is 35.9 Å². The van der Waals surface area contributed by atoms with Crippen molar-refractivity contribution in [1.29, 1.82) is 0 Å². The Hall–Kier alpha value is -0.780. The number of benzene rings is 1.